The topological polar surface area (TPSA) is 114 Å². The van der Waals surface area contributed by atoms with E-state index in [2.05, 4.69) is 36.8 Å². The Kier molecular flexibility index (Phi) is 6.83. The van der Waals surface area contributed by atoms with Gasteiger partial charge in [0.1, 0.15) is 40.5 Å². The van der Waals surface area contributed by atoms with Crippen LogP contribution in [-0.4, -0.2) is 66.5 Å². The summed E-state index contributed by atoms with van der Waals surface area (Å²) >= 11 is 6.35. The van der Waals surface area contributed by atoms with Gasteiger partial charge < -0.3 is 19.9 Å². The van der Waals surface area contributed by atoms with E-state index in [9.17, 15) is 4.79 Å². The average Bonchev–Trinajstić information content (AvgIpc) is 3.31. The van der Waals surface area contributed by atoms with E-state index in [0.717, 1.165) is 13.0 Å². The predicted molar refractivity (Wildman–Crippen MR) is 149 cm³/mol. The van der Waals surface area contributed by atoms with Crippen LogP contribution in [0.15, 0.2) is 67.9 Å². The van der Waals surface area contributed by atoms with Gasteiger partial charge in [0.2, 0.25) is 5.91 Å². The molecule has 0 radical (unpaired) electrons. The molecule has 11 nitrogen and oxygen atoms in total. The van der Waals surface area contributed by atoms with Crippen molar-refractivity contribution >= 4 is 51.5 Å². The highest BCUT2D eigenvalue weighted by molar-refractivity contribution is 6.32. The molecule has 1 fully saturated rings. The summed E-state index contributed by atoms with van der Waals surface area (Å²) in [6.07, 6.45) is 6.62. The van der Waals surface area contributed by atoms with E-state index in [-0.39, 0.29) is 22.4 Å². The minimum atomic E-state index is -0.704. The van der Waals surface area contributed by atoms with Crippen molar-refractivity contribution in [2.45, 2.75) is 6.42 Å². The van der Waals surface area contributed by atoms with E-state index in [4.69, 9.17) is 21.3 Å². The number of nitrogens with one attached hydrogen (secondary N) is 1. The lowest BCUT2D eigenvalue weighted by Gasteiger charge is -2.22. The molecule has 0 spiro atoms. The zero-order valence-corrected chi connectivity index (χ0v) is 21.9. The summed E-state index contributed by atoms with van der Waals surface area (Å²) < 4.78 is 22.8. The van der Waals surface area contributed by atoms with Crippen LogP contribution in [0.25, 0.3) is 16.7 Å². The molecule has 5 aromatic rings. The second-order valence-electron chi connectivity index (χ2n) is 9.02. The summed E-state index contributed by atoms with van der Waals surface area (Å²) in [7, 11) is 0. The van der Waals surface area contributed by atoms with E-state index in [1.807, 2.05) is 12.1 Å². The van der Waals surface area contributed by atoms with Gasteiger partial charge in [0, 0.05) is 38.4 Å². The molecule has 1 aliphatic heterocycles. The summed E-state index contributed by atoms with van der Waals surface area (Å²) in [5.74, 6) is 0.834. The lowest BCUT2D eigenvalue weighted by atomic mass is 10.2. The lowest BCUT2D eigenvalue weighted by Crippen LogP contribution is -2.34. The molecule has 202 valence electrons. The van der Waals surface area contributed by atoms with Crippen LogP contribution >= 0.6 is 11.6 Å². The van der Waals surface area contributed by atoms with Crippen LogP contribution in [0, 0.1) is 5.82 Å². The first-order valence-electron chi connectivity index (χ1n) is 12.5. The maximum Gasteiger partial charge on any atom is 0.246 e. The molecule has 0 unspecified atom stereocenters. The number of rotatable bonds is 6. The monoisotopic (exact) mass is 559 g/mol. The zero-order chi connectivity index (χ0) is 27.6. The molecule has 0 bridgehead atoms. The first-order valence-corrected chi connectivity index (χ1v) is 12.9. The molecule has 0 aliphatic carbocycles. The summed E-state index contributed by atoms with van der Waals surface area (Å²) in [4.78, 5) is 33.5. The second-order valence-corrected chi connectivity index (χ2v) is 9.40. The minimum absolute atomic E-state index is 0.0818. The number of benzene rings is 1. The normalized spacial score (nSPS) is 13.8. The van der Waals surface area contributed by atoms with Crippen LogP contribution in [0.1, 0.15) is 6.42 Å². The third-order valence-electron chi connectivity index (χ3n) is 6.55. The number of aromatic nitrogens is 6. The number of carbonyl (C=O) groups is 1. The Balaban J connectivity index is 1.25. The molecule has 1 aromatic carbocycles. The first kappa shape index (κ1) is 25.4. The van der Waals surface area contributed by atoms with Crippen molar-refractivity contribution in [1.82, 2.24) is 34.4 Å². The number of hydrogen-bond donors (Lipinski definition) is 1. The standard InChI is InChI=1S/C27H23ClFN9O2/c1-2-23(39)37-10-3-9-36(12-13-37)21-7-5-19-26(35-21)27(32-15-30-19)34-18-4-6-20(24(28)25(18)29)40-17-8-11-38-22(14-17)31-16-33-38/h2,4-8,11,14-16H,1,3,9-10,12-13H2,(H,30,32,34). The third-order valence-corrected chi connectivity index (χ3v) is 6.91. The Hall–Kier alpha value is -4.84. The summed E-state index contributed by atoms with van der Waals surface area (Å²) in [5.41, 5.74) is 1.75. The van der Waals surface area contributed by atoms with Gasteiger partial charge in [0.05, 0.1) is 11.2 Å². The number of ether oxygens (including phenoxy) is 1. The number of carbonyl (C=O) groups excluding carboxylic acids is 1. The smallest absolute Gasteiger partial charge is 0.246 e. The number of pyridine rings is 2. The summed E-state index contributed by atoms with van der Waals surface area (Å²) in [5, 5.41) is 6.85. The number of anilines is 3. The van der Waals surface area contributed by atoms with Crippen LogP contribution in [0.5, 0.6) is 11.5 Å². The van der Waals surface area contributed by atoms with Crippen molar-refractivity contribution in [2.75, 3.05) is 36.4 Å². The Morgan fingerprint density at radius 3 is 2.85 bits per heavy atom. The van der Waals surface area contributed by atoms with Crippen molar-refractivity contribution in [1.29, 1.82) is 0 Å². The highest BCUT2D eigenvalue weighted by Crippen LogP contribution is 2.36. The van der Waals surface area contributed by atoms with Gasteiger partial charge in [-0.15, -0.1) is 0 Å². The van der Waals surface area contributed by atoms with Crippen molar-refractivity contribution in [3.8, 4) is 11.5 Å². The number of hydrogen-bond acceptors (Lipinski definition) is 9. The number of amides is 1. The molecule has 5 heterocycles. The Morgan fingerprint density at radius 1 is 1.07 bits per heavy atom. The van der Waals surface area contributed by atoms with Crippen LogP contribution < -0.4 is 15.0 Å². The minimum Gasteiger partial charge on any atom is -0.455 e. The SMILES string of the molecule is C=CC(=O)N1CCCN(c2ccc3ncnc(Nc4ccc(Oc5ccn6ncnc6c5)c(Cl)c4F)c3n2)CC1. The van der Waals surface area contributed by atoms with Crippen molar-refractivity contribution in [2.24, 2.45) is 0 Å². The van der Waals surface area contributed by atoms with Crippen LogP contribution in [0.2, 0.25) is 5.02 Å². The lowest BCUT2D eigenvalue weighted by molar-refractivity contribution is -0.125. The second kappa shape index (κ2) is 10.7. The highest BCUT2D eigenvalue weighted by atomic mass is 35.5. The van der Waals surface area contributed by atoms with Gasteiger partial charge in [-0.3, -0.25) is 4.79 Å². The van der Waals surface area contributed by atoms with Crippen molar-refractivity contribution in [3.63, 3.8) is 0 Å². The van der Waals surface area contributed by atoms with Crippen LogP contribution in [0.3, 0.4) is 0 Å². The van der Waals surface area contributed by atoms with Gasteiger partial charge in [0.25, 0.3) is 0 Å². The molecular weight excluding hydrogens is 537 g/mol. The van der Waals surface area contributed by atoms with Crippen molar-refractivity contribution < 1.29 is 13.9 Å². The van der Waals surface area contributed by atoms with Gasteiger partial charge >= 0.3 is 0 Å². The third kappa shape index (κ3) is 4.96. The van der Waals surface area contributed by atoms with E-state index in [0.29, 0.717) is 53.7 Å². The Morgan fingerprint density at radius 2 is 1.98 bits per heavy atom. The quantitative estimate of drug-likeness (QED) is 0.298. The van der Waals surface area contributed by atoms with E-state index in [1.54, 1.807) is 33.8 Å². The van der Waals surface area contributed by atoms with E-state index < -0.39 is 5.82 Å². The van der Waals surface area contributed by atoms with Gasteiger partial charge in [-0.05, 0) is 42.8 Å². The summed E-state index contributed by atoms with van der Waals surface area (Å²) in [6, 6.07) is 10.2. The van der Waals surface area contributed by atoms with Crippen LogP contribution in [0.4, 0.5) is 21.7 Å². The number of nitrogens with zero attached hydrogens (tertiary/aromatic N) is 8. The largest absolute Gasteiger partial charge is 0.455 e. The summed E-state index contributed by atoms with van der Waals surface area (Å²) in [6.45, 7) is 6.14. The van der Waals surface area contributed by atoms with Gasteiger partial charge in [-0.25, -0.2) is 28.8 Å². The molecule has 6 rings (SSSR count). The molecule has 40 heavy (non-hydrogen) atoms. The van der Waals surface area contributed by atoms with Gasteiger partial charge in [0.15, 0.2) is 17.3 Å². The predicted octanol–water partition coefficient (Wildman–Crippen LogP) is 4.62. The zero-order valence-electron chi connectivity index (χ0n) is 21.2. The fraction of sp³-hybridized carbons (Fsp3) is 0.185. The molecule has 4 aromatic heterocycles. The fourth-order valence-electron chi connectivity index (χ4n) is 4.52. The molecule has 13 heteroatoms. The number of fused-ring (bicyclic) bond motifs is 2. The maximum absolute atomic E-state index is 15.4. The average molecular weight is 560 g/mol. The molecule has 1 aliphatic rings. The Bertz CT molecular complexity index is 1740. The Labute approximate surface area is 232 Å². The molecule has 1 saturated heterocycles. The molecule has 0 saturated carbocycles. The number of halogens is 2. The van der Waals surface area contributed by atoms with Gasteiger partial charge in [-0.2, -0.15) is 5.10 Å². The first-order chi connectivity index (χ1) is 19.5. The molecule has 0 atom stereocenters. The molecule has 1 amide bonds. The van der Waals surface area contributed by atoms with Gasteiger partial charge in [-0.1, -0.05) is 18.2 Å². The van der Waals surface area contributed by atoms with E-state index >= 15 is 4.39 Å². The highest BCUT2D eigenvalue weighted by Gasteiger charge is 2.20. The molecule has 1 N–H and O–H groups in total. The fourth-order valence-corrected chi connectivity index (χ4v) is 4.72. The molecular formula is C27H23ClFN9O2. The maximum atomic E-state index is 15.4. The van der Waals surface area contributed by atoms with Crippen LogP contribution in [-0.2, 0) is 4.79 Å². The van der Waals surface area contributed by atoms with Crippen molar-refractivity contribution in [3.05, 3.63) is 78.7 Å². The van der Waals surface area contributed by atoms with E-state index in [1.165, 1.54) is 24.8 Å².